The van der Waals surface area contributed by atoms with Crippen molar-refractivity contribution in [3.8, 4) is 0 Å². The molecule has 0 amide bonds. The molecule has 0 saturated heterocycles. The lowest BCUT2D eigenvalue weighted by atomic mass is 10.1. The normalized spacial score (nSPS) is 13.3. The standard InChI is InChI=1S/C20H30N4O3S2/c1-6-21-20(24(3)12-18-13-28-19(23-18)15(2)27-4)22-11-16-7-9-17(10-8-16)14-29(5,25)26/h7-10,13,15H,6,11-12,14H2,1-5H3,(H,21,22). The molecule has 1 atom stereocenters. The fourth-order valence-corrected chi connectivity index (χ4v) is 4.32. The molecule has 2 aromatic rings. The summed E-state index contributed by atoms with van der Waals surface area (Å²) >= 11 is 1.60. The Morgan fingerprint density at radius 2 is 1.97 bits per heavy atom. The molecule has 0 bridgehead atoms. The minimum absolute atomic E-state index is 0.00775. The number of aliphatic imine (C=N–C) groups is 1. The van der Waals surface area contributed by atoms with E-state index in [1.807, 2.05) is 55.4 Å². The van der Waals surface area contributed by atoms with Crippen molar-refractivity contribution >= 4 is 27.1 Å². The number of nitrogens with one attached hydrogen (secondary N) is 1. The Labute approximate surface area is 177 Å². The van der Waals surface area contributed by atoms with E-state index in [4.69, 9.17) is 9.73 Å². The summed E-state index contributed by atoms with van der Waals surface area (Å²) in [7, 11) is 0.637. The van der Waals surface area contributed by atoms with Crippen molar-refractivity contribution in [3.63, 3.8) is 0 Å². The van der Waals surface area contributed by atoms with Crippen LogP contribution in [0.3, 0.4) is 0 Å². The first-order chi connectivity index (χ1) is 13.7. The van der Waals surface area contributed by atoms with Crippen molar-refractivity contribution in [2.24, 2.45) is 4.99 Å². The third-order valence-corrected chi connectivity index (χ3v) is 6.14. The van der Waals surface area contributed by atoms with Crippen LogP contribution in [0.5, 0.6) is 0 Å². The number of hydrogen-bond acceptors (Lipinski definition) is 6. The summed E-state index contributed by atoms with van der Waals surface area (Å²) in [5.41, 5.74) is 2.79. The van der Waals surface area contributed by atoms with Crippen LogP contribution in [0.25, 0.3) is 0 Å². The quantitative estimate of drug-likeness (QED) is 0.479. The summed E-state index contributed by atoms with van der Waals surface area (Å²) in [5, 5.41) is 6.32. The van der Waals surface area contributed by atoms with Gasteiger partial charge in [-0.3, -0.25) is 0 Å². The van der Waals surface area contributed by atoms with Crippen LogP contribution >= 0.6 is 11.3 Å². The van der Waals surface area contributed by atoms with Gasteiger partial charge in [-0.25, -0.2) is 18.4 Å². The summed E-state index contributed by atoms with van der Waals surface area (Å²) in [6.45, 7) is 5.93. The summed E-state index contributed by atoms with van der Waals surface area (Å²) < 4.78 is 28.1. The van der Waals surface area contributed by atoms with Crippen molar-refractivity contribution in [3.05, 3.63) is 51.5 Å². The highest BCUT2D eigenvalue weighted by Gasteiger charge is 2.13. The van der Waals surface area contributed by atoms with Gasteiger partial charge in [-0.15, -0.1) is 11.3 Å². The summed E-state index contributed by atoms with van der Waals surface area (Å²) in [5.74, 6) is 0.848. The van der Waals surface area contributed by atoms with Gasteiger partial charge in [0.2, 0.25) is 0 Å². The summed E-state index contributed by atoms with van der Waals surface area (Å²) in [4.78, 5) is 11.4. The highest BCUT2D eigenvalue weighted by molar-refractivity contribution is 7.89. The Bertz CT molecular complexity index is 908. The van der Waals surface area contributed by atoms with E-state index in [2.05, 4.69) is 10.3 Å². The lowest BCUT2D eigenvalue weighted by Crippen LogP contribution is -2.38. The topological polar surface area (TPSA) is 83.9 Å². The number of aromatic nitrogens is 1. The number of ether oxygens (including phenoxy) is 1. The lowest BCUT2D eigenvalue weighted by molar-refractivity contribution is 0.119. The molecule has 1 aromatic carbocycles. The smallest absolute Gasteiger partial charge is 0.194 e. The van der Waals surface area contributed by atoms with Gasteiger partial charge >= 0.3 is 0 Å². The molecule has 0 spiro atoms. The molecule has 9 heteroatoms. The van der Waals surface area contributed by atoms with Gasteiger partial charge in [0.25, 0.3) is 0 Å². The van der Waals surface area contributed by atoms with E-state index in [1.165, 1.54) is 6.26 Å². The van der Waals surface area contributed by atoms with Crippen LogP contribution < -0.4 is 5.32 Å². The zero-order valence-corrected chi connectivity index (χ0v) is 19.3. The molecule has 29 heavy (non-hydrogen) atoms. The van der Waals surface area contributed by atoms with E-state index in [0.717, 1.165) is 34.3 Å². The number of guanidine groups is 1. The SMILES string of the molecule is CCNC(=NCc1ccc(CS(C)(=O)=O)cc1)N(C)Cc1csc(C(C)OC)n1. The maximum absolute atomic E-state index is 11.4. The maximum Gasteiger partial charge on any atom is 0.194 e. The fourth-order valence-electron chi connectivity index (χ4n) is 2.68. The van der Waals surface area contributed by atoms with Crippen molar-refractivity contribution in [1.82, 2.24) is 15.2 Å². The van der Waals surface area contributed by atoms with Gasteiger partial charge in [-0.05, 0) is 25.0 Å². The summed E-state index contributed by atoms with van der Waals surface area (Å²) in [6.07, 6.45) is 1.23. The number of thiazole rings is 1. The lowest BCUT2D eigenvalue weighted by Gasteiger charge is -2.21. The average molecular weight is 439 g/mol. The number of sulfone groups is 1. The van der Waals surface area contributed by atoms with E-state index in [0.29, 0.717) is 13.1 Å². The first kappa shape index (κ1) is 23.3. The molecule has 0 aliphatic heterocycles. The molecule has 0 fully saturated rings. The second kappa shape index (κ2) is 10.7. The van der Waals surface area contributed by atoms with Crippen LogP contribution in [0, 0.1) is 0 Å². The molecule has 1 heterocycles. The van der Waals surface area contributed by atoms with Crippen LogP contribution in [0.1, 0.15) is 41.8 Å². The molecule has 0 aliphatic carbocycles. The molecule has 2 rings (SSSR count). The Hall–Kier alpha value is -1.97. The largest absolute Gasteiger partial charge is 0.375 e. The summed E-state index contributed by atoms with van der Waals surface area (Å²) in [6, 6.07) is 7.53. The molecule has 1 unspecified atom stereocenters. The van der Waals surface area contributed by atoms with Crippen molar-refractivity contribution in [1.29, 1.82) is 0 Å². The molecule has 0 radical (unpaired) electrons. The third-order valence-electron chi connectivity index (χ3n) is 4.23. The van der Waals surface area contributed by atoms with Gasteiger partial charge < -0.3 is 15.0 Å². The second-order valence-corrected chi connectivity index (χ2v) is 10.00. The third kappa shape index (κ3) is 7.75. The van der Waals surface area contributed by atoms with E-state index >= 15 is 0 Å². The van der Waals surface area contributed by atoms with E-state index in [1.54, 1.807) is 18.4 Å². The van der Waals surface area contributed by atoms with Gasteiger partial charge in [-0.2, -0.15) is 0 Å². The van der Waals surface area contributed by atoms with Crippen LogP contribution in [-0.4, -0.2) is 51.2 Å². The monoisotopic (exact) mass is 438 g/mol. The molecule has 160 valence electrons. The van der Waals surface area contributed by atoms with Gasteiger partial charge in [0.1, 0.15) is 11.1 Å². The zero-order valence-electron chi connectivity index (χ0n) is 17.7. The van der Waals surface area contributed by atoms with E-state index < -0.39 is 9.84 Å². The molecule has 0 saturated carbocycles. The van der Waals surface area contributed by atoms with Gasteiger partial charge in [0.05, 0.1) is 24.5 Å². The first-order valence-electron chi connectivity index (χ1n) is 9.44. The molecule has 1 aromatic heterocycles. The molecule has 1 N–H and O–H groups in total. The average Bonchev–Trinajstić information content (AvgIpc) is 3.12. The number of methoxy groups -OCH3 is 1. The maximum atomic E-state index is 11.4. The Kier molecular flexibility index (Phi) is 8.60. The molecule has 0 aliphatic rings. The van der Waals surface area contributed by atoms with Gasteiger partial charge in [0, 0.05) is 32.3 Å². The highest BCUT2D eigenvalue weighted by Crippen LogP contribution is 2.21. The van der Waals surface area contributed by atoms with Gasteiger partial charge in [0.15, 0.2) is 15.8 Å². The number of benzene rings is 1. The molecular weight excluding hydrogens is 408 g/mol. The first-order valence-corrected chi connectivity index (χ1v) is 12.4. The van der Waals surface area contributed by atoms with Crippen molar-refractivity contribution in [2.75, 3.05) is 27.0 Å². The number of rotatable bonds is 9. The number of nitrogens with zero attached hydrogens (tertiary/aromatic N) is 3. The minimum atomic E-state index is -3.03. The van der Waals surface area contributed by atoms with Crippen LogP contribution in [0.4, 0.5) is 0 Å². The van der Waals surface area contributed by atoms with Crippen LogP contribution in [0.15, 0.2) is 34.6 Å². The van der Waals surface area contributed by atoms with Crippen molar-refractivity contribution in [2.45, 2.75) is 38.8 Å². The Morgan fingerprint density at radius 3 is 2.55 bits per heavy atom. The van der Waals surface area contributed by atoms with Crippen LogP contribution in [-0.2, 0) is 33.4 Å². The molecule has 7 nitrogen and oxygen atoms in total. The van der Waals surface area contributed by atoms with Crippen molar-refractivity contribution < 1.29 is 13.2 Å². The fraction of sp³-hybridized carbons (Fsp3) is 0.500. The predicted octanol–water partition coefficient (Wildman–Crippen LogP) is 2.99. The van der Waals surface area contributed by atoms with E-state index in [-0.39, 0.29) is 11.9 Å². The highest BCUT2D eigenvalue weighted by atomic mass is 32.2. The molecular formula is C20H30N4O3S2. The number of hydrogen-bond donors (Lipinski definition) is 1. The Balaban J connectivity index is 2.03. The zero-order chi connectivity index (χ0) is 21.4. The van der Waals surface area contributed by atoms with Gasteiger partial charge in [-0.1, -0.05) is 24.3 Å². The minimum Gasteiger partial charge on any atom is -0.375 e. The second-order valence-electron chi connectivity index (χ2n) is 6.97. The Morgan fingerprint density at radius 1 is 1.31 bits per heavy atom. The van der Waals surface area contributed by atoms with Crippen LogP contribution in [0.2, 0.25) is 0 Å². The predicted molar refractivity (Wildman–Crippen MR) is 119 cm³/mol. The van der Waals surface area contributed by atoms with E-state index in [9.17, 15) is 8.42 Å².